The first kappa shape index (κ1) is 10.3. The molecule has 1 heterocycles. The molecule has 0 bridgehead atoms. The first-order valence-corrected chi connectivity index (χ1v) is 5.59. The number of halogens is 2. The van der Waals surface area contributed by atoms with Crippen molar-refractivity contribution < 1.29 is 4.74 Å². The van der Waals surface area contributed by atoms with Crippen LogP contribution in [0.1, 0.15) is 25.1 Å². The monoisotopic (exact) mass is 276 g/mol. The molecule has 1 aliphatic rings. The summed E-state index contributed by atoms with van der Waals surface area (Å²) in [7, 11) is 1.69. The molecule has 0 amide bonds. The van der Waals surface area contributed by atoms with E-state index >= 15 is 0 Å². The predicted octanol–water partition coefficient (Wildman–Crippen LogP) is 2.92. The molecule has 1 aromatic rings. The van der Waals surface area contributed by atoms with Crippen molar-refractivity contribution in [3.63, 3.8) is 0 Å². The van der Waals surface area contributed by atoms with E-state index in [1.807, 2.05) is 0 Å². The van der Waals surface area contributed by atoms with Crippen LogP contribution in [-0.2, 0) is 10.3 Å². The molecule has 2 rings (SSSR count). The van der Waals surface area contributed by atoms with Crippen LogP contribution in [0.25, 0.3) is 0 Å². The lowest BCUT2D eigenvalue weighted by molar-refractivity contribution is -0.0846. The molecule has 0 saturated heterocycles. The maximum absolute atomic E-state index is 5.90. The highest BCUT2D eigenvalue weighted by Gasteiger charge is 2.41. The molecule has 1 fully saturated rings. The van der Waals surface area contributed by atoms with Crippen molar-refractivity contribution in [2.45, 2.75) is 24.9 Å². The van der Waals surface area contributed by atoms with Gasteiger partial charge in [0.25, 0.3) is 0 Å². The Bertz CT molecular complexity index is 349. The fourth-order valence-corrected chi connectivity index (χ4v) is 1.90. The number of hydrogen-bond acceptors (Lipinski definition) is 3. The average molecular weight is 278 g/mol. The van der Waals surface area contributed by atoms with Crippen molar-refractivity contribution in [3.8, 4) is 0 Å². The van der Waals surface area contributed by atoms with Gasteiger partial charge in [0.05, 0.1) is 4.47 Å². The quantitative estimate of drug-likeness (QED) is 0.780. The van der Waals surface area contributed by atoms with Gasteiger partial charge in [-0.25, -0.2) is 9.97 Å². The summed E-state index contributed by atoms with van der Waals surface area (Å²) in [6.07, 6.45) is 4.78. The predicted molar refractivity (Wildman–Crippen MR) is 57.3 cm³/mol. The second-order valence-corrected chi connectivity index (χ2v) is 4.60. The largest absolute Gasteiger partial charge is 0.370 e. The molecule has 1 saturated carbocycles. The fraction of sp³-hybridized carbons (Fsp3) is 0.556. The van der Waals surface area contributed by atoms with Gasteiger partial charge in [0.1, 0.15) is 10.8 Å². The van der Waals surface area contributed by atoms with E-state index in [9.17, 15) is 0 Å². The van der Waals surface area contributed by atoms with Crippen molar-refractivity contribution in [2.24, 2.45) is 0 Å². The van der Waals surface area contributed by atoms with Crippen molar-refractivity contribution in [1.82, 2.24) is 9.97 Å². The van der Waals surface area contributed by atoms with Gasteiger partial charge in [-0.15, -0.1) is 0 Å². The van der Waals surface area contributed by atoms with Crippen LogP contribution < -0.4 is 0 Å². The smallest absolute Gasteiger partial charge is 0.162 e. The lowest BCUT2D eigenvalue weighted by Gasteiger charge is -2.38. The third-order valence-corrected chi connectivity index (χ3v) is 3.76. The normalized spacial score (nSPS) is 19.1. The van der Waals surface area contributed by atoms with Crippen LogP contribution in [0.4, 0.5) is 0 Å². The van der Waals surface area contributed by atoms with E-state index in [1.165, 1.54) is 0 Å². The molecule has 1 aromatic heterocycles. The zero-order valence-electron chi connectivity index (χ0n) is 7.76. The highest BCUT2D eigenvalue weighted by atomic mass is 79.9. The van der Waals surface area contributed by atoms with E-state index in [0.29, 0.717) is 15.5 Å². The molecule has 0 N–H and O–H groups in total. The molecule has 0 aromatic carbocycles. The number of methoxy groups -OCH3 is 1. The van der Waals surface area contributed by atoms with Crippen molar-refractivity contribution in [3.05, 3.63) is 21.6 Å². The minimum Gasteiger partial charge on any atom is -0.370 e. The Morgan fingerprint density at radius 2 is 2.29 bits per heavy atom. The van der Waals surface area contributed by atoms with Gasteiger partial charge in [-0.2, -0.15) is 0 Å². The minimum absolute atomic E-state index is 0.287. The maximum atomic E-state index is 5.90. The molecule has 0 spiro atoms. The number of hydrogen-bond donors (Lipinski definition) is 0. The standard InChI is InChI=1S/C9H10BrClN2O/c1-14-9(3-2-4-9)8-12-5-6(10)7(11)13-8/h5H,2-4H2,1H3. The average Bonchev–Trinajstić information content (AvgIpc) is 2.10. The summed E-state index contributed by atoms with van der Waals surface area (Å²) in [5, 5.41) is 0.443. The number of ether oxygens (including phenoxy) is 1. The first-order valence-electron chi connectivity index (χ1n) is 4.42. The summed E-state index contributed by atoms with van der Waals surface area (Å²) < 4.78 is 6.17. The van der Waals surface area contributed by atoms with Crippen LogP contribution in [0, 0.1) is 0 Å². The van der Waals surface area contributed by atoms with Crippen LogP contribution in [-0.4, -0.2) is 17.1 Å². The zero-order chi connectivity index (χ0) is 10.2. The van der Waals surface area contributed by atoms with Crippen LogP contribution in [0.5, 0.6) is 0 Å². The van der Waals surface area contributed by atoms with Crippen LogP contribution in [0.2, 0.25) is 5.15 Å². The van der Waals surface area contributed by atoms with E-state index < -0.39 is 0 Å². The van der Waals surface area contributed by atoms with Gasteiger partial charge in [-0.3, -0.25) is 0 Å². The highest BCUT2D eigenvalue weighted by Crippen LogP contribution is 2.43. The van der Waals surface area contributed by atoms with E-state index in [1.54, 1.807) is 13.3 Å². The van der Waals surface area contributed by atoms with Gasteiger partial charge in [0, 0.05) is 13.3 Å². The van der Waals surface area contributed by atoms with Gasteiger partial charge in [0.2, 0.25) is 0 Å². The molecule has 0 atom stereocenters. The van der Waals surface area contributed by atoms with Crippen molar-refractivity contribution in [2.75, 3.05) is 7.11 Å². The molecule has 0 unspecified atom stereocenters. The Morgan fingerprint density at radius 1 is 1.57 bits per heavy atom. The lowest BCUT2D eigenvalue weighted by Crippen LogP contribution is -2.38. The van der Waals surface area contributed by atoms with Crippen molar-refractivity contribution >= 4 is 27.5 Å². The summed E-state index contributed by atoms with van der Waals surface area (Å²) in [6, 6.07) is 0. The topological polar surface area (TPSA) is 35.0 Å². The second-order valence-electron chi connectivity index (χ2n) is 3.38. The van der Waals surface area contributed by atoms with Crippen LogP contribution in [0.15, 0.2) is 10.7 Å². The molecular weight excluding hydrogens is 267 g/mol. The van der Waals surface area contributed by atoms with Gasteiger partial charge in [-0.05, 0) is 35.2 Å². The number of rotatable bonds is 2. The second kappa shape index (κ2) is 3.76. The van der Waals surface area contributed by atoms with E-state index in [4.69, 9.17) is 16.3 Å². The molecule has 76 valence electrons. The van der Waals surface area contributed by atoms with Crippen molar-refractivity contribution in [1.29, 1.82) is 0 Å². The maximum Gasteiger partial charge on any atom is 0.162 e. The van der Waals surface area contributed by atoms with Gasteiger partial charge < -0.3 is 4.74 Å². The van der Waals surface area contributed by atoms with E-state index in [-0.39, 0.29) is 5.60 Å². The number of aromatic nitrogens is 2. The summed E-state index contributed by atoms with van der Waals surface area (Å²) in [5.74, 6) is 0.694. The van der Waals surface area contributed by atoms with Gasteiger partial charge in [-0.1, -0.05) is 11.6 Å². The Labute approximate surface area is 96.0 Å². The van der Waals surface area contributed by atoms with Crippen LogP contribution in [0.3, 0.4) is 0 Å². The summed E-state index contributed by atoms with van der Waals surface area (Å²) in [4.78, 5) is 8.46. The molecule has 0 radical (unpaired) electrons. The fourth-order valence-electron chi connectivity index (χ4n) is 1.58. The Hall–Kier alpha value is -0.190. The summed E-state index contributed by atoms with van der Waals surface area (Å²) >= 11 is 9.16. The van der Waals surface area contributed by atoms with Gasteiger partial charge >= 0.3 is 0 Å². The van der Waals surface area contributed by atoms with E-state index in [2.05, 4.69) is 25.9 Å². The molecular formula is C9H10BrClN2O. The Kier molecular flexibility index (Phi) is 2.77. The van der Waals surface area contributed by atoms with Gasteiger partial charge in [0.15, 0.2) is 5.82 Å². The molecule has 3 nitrogen and oxygen atoms in total. The van der Waals surface area contributed by atoms with E-state index in [0.717, 1.165) is 19.3 Å². The molecule has 14 heavy (non-hydrogen) atoms. The first-order chi connectivity index (χ1) is 6.68. The number of nitrogens with zero attached hydrogens (tertiary/aromatic N) is 2. The molecule has 5 heteroatoms. The summed E-state index contributed by atoms with van der Waals surface area (Å²) in [6.45, 7) is 0. The third kappa shape index (κ3) is 1.55. The molecule has 0 aliphatic heterocycles. The highest BCUT2D eigenvalue weighted by molar-refractivity contribution is 9.10. The summed E-state index contributed by atoms with van der Waals surface area (Å²) in [5.41, 5.74) is -0.287. The third-order valence-electron chi connectivity index (χ3n) is 2.66. The Balaban J connectivity index is 2.36. The lowest BCUT2D eigenvalue weighted by atomic mass is 9.79. The zero-order valence-corrected chi connectivity index (χ0v) is 10.1. The minimum atomic E-state index is -0.287. The molecule has 1 aliphatic carbocycles. The SMILES string of the molecule is COC1(c2ncc(Br)c(Cl)n2)CCC1. The van der Waals surface area contributed by atoms with Crippen LogP contribution >= 0.6 is 27.5 Å². The Morgan fingerprint density at radius 3 is 2.71 bits per heavy atom.